The monoisotopic (exact) mass is 332 g/mol. The van der Waals surface area contributed by atoms with Crippen LogP contribution in [0.2, 0.25) is 0 Å². The zero-order valence-electron chi connectivity index (χ0n) is 15.1. The molecule has 5 nitrogen and oxygen atoms in total. The van der Waals surface area contributed by atoms with Gasteiger partial charge in [0.1, 0.15) is 0 Å². The summed E-state index contributed by atoms with van der Waals surface area (Å²) in [5.41, 5.74) is 9.33. The Bertz CT molecular complexity index is 584. The molecule has 0 radical (unpaired) electrons. The Balaban J connectivity index is 1.90. The van der Waals surface area contributed by atoms with E-state index in [2.05, 4.69) is 43.8 Å². The van der Waals surface area contributed by atoms with Crippen LogP contribution in [0.3, 0.4) is 0 Å². The van der Waals surface area contributed by atoms with E-state index in [0.717, 1.165) is 31.2 Å². The first-order valence-electron chi connectivity index (χ1n) is 9.08. The molecule has 0 aromatic heterocycles. The number of rotatable bonds is 8. The smallest absolute Gasteiger partial charge is 0.234 e. The zero-order chi connectivity index (χ0) is 17.5. The Hall–Kier alpha value is -1.75. The quantitative estimate of drug-likeness (QED) is 0.566. The minimum absolute atomic E-state index is 0.00324. The van der Waals surface area contributed by atoms with E-state index in [1.165, 1.54) is 15.9 Å². The van der Waals surface area contributed by atoms with Crippen LogP contribution in [0, 0.1) is 10.8 Å². The van der Waals surface area contributed by atoms with E-state index in [-0.39, 0.29) is 11.9 Å². The largest absolute Gasteiger partial charge is 0.291 e. The highest BCUT2D eigenvalue weighted by Crippen LogP contribution is 2.30. The van der Waals surface area contributed by atoms with Gasteiger partial charge in [-0.1, -0.05) is 39.0 Å². The molecule has 24 heavy (non-hydrogen) atoms. The lowest BCUT2D eigenvalue weighted by atomic mass is 9.90. The molecule has 1 atom stereocenters. The number of nitrogens with zero attached hydrogens (tertiary/aromatic N) is 1. The Kier molecular flexibility index (Phi) is 6.91. The number of hydrazine groups is 1. The highest BCUT2D eigenvalue weighted by Gasteiger charge is 2.32. The average molecular weight is 332 g/mol. The molecule has 1 heterocycles. The van der Waals surface area contributed by atoms with Gasteiger partial charge in [-0.05, 0) is 29.9 Å². The predicted molar refractivity (Wildman–Crippen MR) is 95.3 cm³/mol. The molecule has 0 saturated carbocycles. The highest BCUT2D eigenvalue weighted by molar-refractivity contribution is 5.75. The van der Waals surface area contributed by atoms with Crippen LogP contribution in [0.15, 0.2) is 18.2 Å². The fourth-order valence-corrected chi connectivity index (χ4v) is 3.15. The number of fused-ring (bicyclic) bond motifs is 1. The normalized spacial score (nSPS) is 17.0. The van der Waals surface area contributed by atoms with Crippen molar-refractivity contribution in [3.05, 3.63) is 39.8 Å². The van der Waals surface area contributed by atoms with Gasteiger partial charge < -0.3 is 0 Å². The number of amides is 1. The van der Waals surface area contributed by atoms with E-state index in [9.17, 15) is 9.70 Å². The van der Waals surface area contributed by atoms with Crippen molar-refractivity contribution < 1.29 is 9.55 Å². The first-order chi connectivity index (χ1) is 11.5. The van der Waals surface area contributed by atoms with E-state index in [4.69, 9.17) is 0 Å². The number of hydrogen-bond acceptors (Lipinski definition) is 3. The van der Waals surface area contributed by atoms with Crippen LogP contribution in [0.1, 0.15) is 69.2 Å². The van der Waals surface area contributed by atoms with Crippen LogP contribution in [0.5, 0.6) is 0 Å². The van der Waals surface area contributed by atoms with E-state index in [1.807, 2.05) is 6.07 Å². The van der Waals surface area contributed by atoms with Gasteiger partial charge in [0.15, 0.2) is 6.54 Å². The number of hydrogen-bond donors (Lipinski definition) is 2. The van der Waals surface area contributed by atoms with Crippen molar-refractivity contribution in [2.45, 2.75) is 65.5 Å². The first kappa shape index (κ1) is 18.6. The summed E-state index contributed by atoms with van der Waals surface area (Å²) in [6.07, 6.45) is 4.16. The standard InChI is InChI=1S/C19H29N3O2/c1-4-5-18-17-8-7-15(12-16(17)10-11-22(18)24)13-20-21-19(23)9-6-14(2)3/h7-8,12,14,18,20H,4-6,9-11,13H2,1-3H3/p+1. The van der Waals surface area contributed by atoms with Crippen molar-refractivity contribution in [3.63, 3.8) is 0 Å². The second kappa shape index (κ2) is 8.92. The molecule has 2 N–H and O–H groups in total. The van der Waals surface area contributed by atoms with Gasteiger partial charge in [-0.25, -0.2) is 5.43 Å². The summed E-state index contributed by atoms with van der Waals surface area (Å²) in [7, 11) is 0. The van der Waals surface area contributed by atoms with E-state index >= 15 is 0 Å². The number of nitroso groups, excluding NO2 is 1. The third-order valence-corrected chi connectivity index (χ3v) is 4.55. The SMILES string of the molecule is CCCC1c2ccc(CNNC(=O)CCC(C)C)cc2CC[N+]1=O. The molecule has 1 aliphatic rings. The topological polar surface area (TPSA) is 61.2 Å². The molecule has 1 aromatic carbocycles. The molecule has 0 bridgehead atoms. The third kappa shape index (κ3) is 5.13. The van der Waals surface area contributed by atoms with E-state index < -0.39 is 0 Å². The Morgan fingerprint density at radius 3 is 2.88 bits per heavy atom. The van der Waals surface area contributed by atoms with Gasteiger partial charge in [0, 0.05) is 41.0 Å². The molecule has 0 aliphatic carbocycles. The van der Waals surface area contributed by atoms with Crippen LogP contribution in [0.4, 0.5) is 0 Å². The van der Waals surface area contributed by atoms with Crippen LogP contribution in [0.25, 0.3) is 0 Å². The molecule has 1 aromatic rings. The fraction of sp³-hybridized carbons (Fsp3) is 0.632. The molecular weight excluding hydrogens is 302 g/mol. The number of carbonyl (C=O) groups excluding carboxylic acids is 1. The summed E-state index contributed by atoms with van der Waals surface area (Å²) in [4.78, 5) is 23.8. The van der Waals surface area contributed by atoms with Crippen LogP contribution in [-0.2, 0) is 17.8 Å². The highest BCUT2D eigenvalue weighted by atomic mass is 16.3. The second-order valence-corrected chi connectivity index (χ2v) is 7.06. The molecule has 2 rings (SSSR count). The minimum Gasteiger partial charge on any atom is -0.291 e. The molecule has 1 amide bonds. The number of carbonyl (C=O) groups is 1. The molecule has 0 spiro atoms. The Labute approximate surface area is 144 Å². The first-order valence-corrected chi connectivity index (χ1v) is 9.08. The van der Waals surface area contributed by atoms with Gasteiger partial charge in [0.2, 0.25) is 11.9 Å². The summed E-state index contributed by atoms with van der Waals surface area (Å²) in [5, 5.41) is 0. The van der Waals surface area contributed by atoms with Gasteiger partial charge in [-0.2, -0.15) is 0 Å². The number of nitrogens with one attached hydrogen (secondary N) is 2. The average Bonchev–Trinajstić information content (AvgIpc) is 2.55. The second-order valence-electron chi connectivity index (χ2n) is 7.06. The van der Waals surface area contributed by atoms with E-state index in [1.54, 1.807) is 0 Å². The number of benzene rings is 1. The third-order valence-electron chi connectivity index (χ3n) is 4.55. The fourth-order valence-electron chi connectivity index (χ4n) is 3.15. The summed E-state index contributed by atoms with van der Waals surface area (Å²) >= 11 is 0. The molecule has 5 heteroatoms. The van der Waals surface area contributed by atoms with Crippen LogP contribution in [-0.4, -0.2) is 17.2 Å². The van der Waals surface area contributed by atoms with Crippen molar-refractivity contribution in [1.29, 1.82) is 0 Å². The minimum atomic E-state index is -0.00324. The Morgan fingerprint density at radius 1 is 1.38 bits per heavy atom. The van der Waals surface area contributed by atoms with Crippen molar-refractivity contribution >= 4 is 5.91 Å². The van der Waals surface area contributed by atoms with Gasteiger partial charge in [-0.15, -0.1) is 0 Å². The van der Waals surface area contributed by atoms with Crippen molar-refractivity contribution in [1.82, 2.24) is 10.9 Å². The molecule has 0 fully saturated rings. The summed E-state index contributed by atoms with van der Waals surface area (Å²) < 4.78 is 1.22. The lowest BCUT2D eigenvalue weighted by molar-refractivity contribution is -0.597. The van der Waals surface area contributed by atoms with E-state index in [0.29, 0.717) is 25.4 Å². The maximum absolute atomic E-state index is 12.0. The van der Waals surface area contributed by atoms with Gasteiger partial charge >= 0.3 is 0 Å². The van der Waals surface area contributed by atoms with Crippen LogP contribution >= 0.6 is 0 Å². The van der Waals surface area contributed by atoms with Gasteiger partial charge in [-0.3, -0.25) is 10.2 Å². The van der Waals surface area contributed by atoms with Crippen molar-refractivity contribution in [2.24, 2.45) is 5.92 Å². The summed E-state index contributed by atoms with van der Waals surface area (Å²) in [6, 6.07) is 6.29. The maximum atomic E-state index is 12.0. The Morgan fingerprint density at radius 2 is 2.17 bits per heavy atom. The van der Waals surface area contributed by atoms with Gasteiger partial charge in [0.05, 0.1) is 0 Å². The molecule has 1 aliphatic heterocycles. The molecule has 1 unspecified atom stereocenters. The van der Waals surface area contributed by atoms with Gasteiger partial charge in [0.25, 0.3) is 0 Å². The predicted octanol–water partition coefficient (Wildman–Crippen LogP) is 3.42. The maximum Gasteiger partial charge on any atom is 0.234 e. The van der Waals surface area contributed by atoms with Crippen molar-refractivity contribution in [3.8, 4) is 0 Å². The van der Waals surface area contributed by atoms with Crippen molar-refractivity contribution in [2.75, 3.05) is 6.54 Å². The molecular formula is C19H30N3O2+. The lowest BCUT2D eigenvalue weighted by Crippen LogP contribution is -2.36. The summed E-state index contributed by atoms with van der Waals surface area (Å²) in [6.45, 7) is 7.51. The lowest BCUT2D eigenvalue weighted by Gasteiger charge is -2.19. The molecule has 132 valence electrons. The summed E-state index contributed by atoms with van der Waals surface area (Å²) in [5.74, 6) is 0.569. The zero-order valence-corrected chi connectivity index (χ0v) is 15.1. The molecule has 0 saturated heterocycles. The van der Waals surface area contributed by atoms with Crippen LogP contribution < -0.4 is 10.9 Å².